The lowest BCUT2D eigenvalue weighted by Gasteiger charge is -2.30. The molecule has 0 aliphatic heterocycles. The van der Waals surface area contributed by atoms with Crippen LogP contribution in [0.1, 0.15) is 139 Å². The van der Waals surface area contributed by atoms with Crippen molar-refractivity contribution in [3.63, 3.8) is 0 Å². The number of fused-ring (bicyclic) bond motifs is 23. The van der Waals surface area contributed by atoms with Crippen LogP contribution >= 0.6 is 0 Å². The topological polar surface area (TPSA) is 0 Å². The molecule has 0 N–H and O–H groups in total. The van der Waals surface area contributed by atoms with Gasteiger partial charge in [-0.2, -0.15) is 0 Å². The summed E-state index contributed by atoms with van der Waals surface area (Å²) in [4.78, 5) is 0. The Balaban J connectivity index is 0.0000000968. The molecule has 4 aliphatic rings. The molecule has 23 aromatic rings. The number of hydrogen-bond acceptors (Lipinski definition) is 0. The number of hydrogen-bond donors (Lipinski definition) is 0. The van der Waals surface area contributed by atoms with Crippen LogP contribution in [0.15, 0.2) is 413 Å². The predicted octanol–water partition coefficient (Wildman–Crippen LogP) is 37.6. The van der Waals surface area contributed by atoms with Crippen molar-refractivity contribution in [1.82, 2.24) is 0 Å². The van der Waals surface area contributed by atoms with Gasteiger partial charge in [-0.05, 0) is 314 Å². The van der Waals surface area contributed by atoms with Crippen molar-refractivity contribution in [2.45, 2.75) is 127 Å². The van der Waals surface area contributed by atoms with Crippen LogP contribution in [0.25, 0.3) is 164 Å². The van der Waals surface area contributed by atoms with E-state index in [9.17, 15) is 0 Å². The molecule has 0 bridgehead atoms. The predicted molar refractivity (Wildman–Crippen MR) is 593 cm³/mol. The van der Waals surface area contributed by atoms with E-state index in [1.54, 1.807) is 0 Å². The zero-order chi connectivity index (χ0) is 94.5. The zero-order valence-corrected chi connectivity index (χ0v) is 81.8. The van der Waals surface area contributed by atoms with Gasteiger partial charge in [0.25, 0.3) is 0 Å². The fourth-order valence-electron chi connectivity index (χ4n) is 23.3. The monoisotopic (exact) mass is 1760 g/mol. The van der Waals surface area contributed by atoms with Gasteiger partial charge in [-0.25, -0.2) is 0 Å². The van der Waals surface area contributed by atoms with Crippen molar-refractivity contribution in [2.24, 2.45) is 0 Å². The molecule has 0 aromatic heterocycles. The van der Waals surface area contributed by atoms with Crippen molar-refractivity contribution in [3.05, 3.63) is 524 Å². The fraction of sp³-hybridized carbons (Fsp3) is 0.139. The summed E-state index contributed by atoms with van der Waals surface area (Å²) in [6.07, 6.45) is 0. The van der Waals surface area contributed by atoms with Crippen molar-refractivity contribution >= 4 is 97.0 Å². The van der Waals surface area contributed by atoms with Crippen LogP contribution in [-0.2, 0) is 16.2 Å². The van der Waals surface area contributed by atoms with Crippen LogP contribution in [0.5, 0.6) is 0 Å². The molecule has 0 heteroatoms. The second-order valence-electron chi connectivity index (χ2n) is 40.0. The first-order chi connectivity index (χ1) is 66.4. The van der Waals surface area contributed by atoms with E-state index in [1.165, 1.54) is 275 Å². The number of rotatable bonds is 2. The van der Waals surface area contributed by atoms with Gasteiger partial charge in [0.05, 0.1) is 5.41 Å². The summed E-state index contributed by atoms with van der Waals surface area (Å²) < 4.78 is 0. The lowest BCUT2D eigenvalue weighted by molar-refractivity contribution is 0.659. The Morgan fingerprint density at radius 3 is 0.766 bits per heavy atom. The number of benzene rings is 23. The molecular formula is C137H116. The fourth-order valence-corrected chi connectivity index (χ4v) is 23.3. The van der Waals surface area contributed by atoms with Gasteiger partial charge in [0, 0.05) is 10.8 Å². The Bertz CT molecular complexity index is 8140. The summed E-state index contributed by atoms with van der Waals surface area (Å²) >= 11 is 0. The number of aryl methyl sites for hydroxylation is 12. The molecule has 0 nitrogen and oxygen atoms in total. The second kappa shape index (κ2) is 35.5. The Labute approximate surface area is 808 Å². The van der Waals surface area contributed by atoms with E-state index in [0.29, 0.717) is 0 Å². The highest BCUT2D eigenvalue weighted by atomic mass is 14.5. The average molecular weight is 1760 g/mol. The molecule has 4 aliphatic carbocycles. The third-order valence-electron chi connectivity index (χ3n) is 30.1. The van der Waals surface area contributed by atoms with Crippen molar-refractivity contribution < 1.29 is 0 Å². The van der Waals surface area contributed by atoms with Crippen molar-refractivity contribution in [2.75, 3.05) is 0 Å². The van der Waals surface area contributed by atoms with Gasteiger partial charge < -0.3 is 0 Å². The second-order valence-corrected chi connectivity index (χ2v) is 40.0. The lowest BCUT2D eigenvalue weighted by atomic mass is 9.70. The van der Waals surface area contributed by atoms with E-state index in [1.807, 2.05) is 0 Å². The Kier molecular flexibility index (Phi) is 22.9. The van der Waals surface area contributed by atoms with Crippen LogP contribution in [0.3, 0.4) is 0 Å². The van der Waals surface area contributed by atoms with Crippen LogP contribution in [-0.4, -0.2) is 0 Å². The molecule has 0 saturated carbocycles. The van der Waals surface area contributed by atoms with E-state index in [4.69, 9.17) is 0 Å². The maximum Gasteiger partial charge on any atom is 0.0725 e. The highest BCUT2D eigenvalue weighted by Gasteiger charge is 2.52. The standard InChI is InChI=1S/C28H22.C27H20.C18H14.C17H18.2C16H14.C15H14/c1-19-13-15-23-25(17-19)27(21-9-5-3-6-10-21)24-16-14-20(2)18-26(24)28(23)22-11-7-4-8-12-22;1-17-11-13-21-22-14-12-18(2)16-26(22)27(25(21)15-17)23-9-5-3-7-19(23)20-8-4-6-10-24(20)27;1-11-3-5-13-8-10-16-12(2)4-6-14-7-9-15(11)17(13)18(14)16;1-11-5-7-13-14-8-6-12(2)10-16(14)17(3,4)15(13)9-11;1-11-3-7-15-13(9-11)5-6-14-10-12(2)4-8-16(14)15;1-11-13-7-3-5-9-15(13)12(2)16-10-6-4-8-14(11)16;1-15(2)13-9-5-3-7-11(13)12-8-4-6-10-14(12)15/h3-18H,1-2H3;3-16H,1-2H3;3-10H,1-2H3;5-10H,1-4H3;2*3-10H,1-2H3;3-10H,1-2H3. The molecule has 0 radical (unpaired) electrons. The minimum Gasteiger partial charge on any atom is -0.0622 e. The molecule has 664 valence electrons. The minimum atomic E-state index is -0.199. The maximum atomic E-state index is 2.41. The summed E-state index contributed by atoms with van der Waals surface area (Å²) in [6, 6.07) is 151. The van der Waals surface area contributed by atoms with Crippen LogP contribution in [0.2, 0.25) is 0 Å². The molecule has 0 amide bonds. The van der Waals surface area contributed by atoms with Gasteiger partial charge in [0.1, 0.15) is 0 Å². The van der Waals surface area contributed by atoms with Crippen LogP contribution in [0, 0.1) is 83.1 Å². The molecule has 0 unspecified atom stereocenters. The molecule has 0 heterocycles. The summed E-state index contributed by atoms with van der Waals surface area (Å²) in [5.74, 6) is 0. The third-order valence-corrected chi connectivity index (χ3v) is 30.1. The van der Waals surface area contributed by atoms with Crippen LogP contribution < -0.4 is 0 Å². The molecular weight excluding hydrogens is 1650 g/mol. The molecule has 0 atom stereocenters. The normalized spacial score (nSPS) is 13.0. The first-order valence-electron chi connectivity index (χ1n) is 48.7. The Morgan fingerprint density at radius 2 is 0.401 bits per heavy atom. The smallest absolute Gasteiger partial charge is 0.0622 e. The van der Waals surface area contributed by atoms with Crippen LogP contribution in [0.4, 0.5) is 0 Å². The SMILES string of the molecule is CC1(C)c2ccccc2-c2ccccc21.Cc1c2ccccc2c(C)c2ccccc12.Cc1ccc2c(-c3ccccc3)c3cc(C)ccc3c(-c3ccccc3)c2c1.Cc1ccc2c(c1)C(C)(C)c1cc(C)ccc1-2.Cc1ccc2c(c1)C1(c3ccccc3-c3ccccc31)c1cc(C)ccc1-2.Cc1ccc2c(ccc3cc(C)ccc32)c1.Cc1ccc2ccc3c(C)ccc4ccc1c2c43. The van der Waals surface area contributed by atoms with E-state index < -0.39 is 0 Å². The van der Waals surface area contributed by atoms with Gasteiger partial charge >= 0.3 is 0 Å². The first kappa shape index (κ1) is 88.3. The molecule has 23 aromatic carbocycles. The average Bonchev–Trinajstić information content (AvgIpc) is 1.51. The van der Waals surface area contributed by atoms with Gasteiger partial charge in [0.15, 0.2) is 0 Å². The quantitative estimate of drug-likeness (QED) is 0.120. The Morgan fingerprint density at radius 1 is 0.153 bits per heavy atom. The van der Waals surface area contributed by atoms with E-state index in [2.05, 4.69) is 523 Å². The van der Waals surface area contributed by atoms with Gasteiger partial charge in [-0.15, -0.1) is 0 Å². The van der Waals surface area contributed by atoms with E-state index in [0.717, 1.165) is 0 Å². The minimum absolute atomic E-state index is 0.142. The van der Waals surface area contributed by atoms with E-state index >= 15 is 0 Å². The molecule has 137 heavy (non-hydrogen) atoms. The maximum absolute atomic E-state index is 2.41. The third kappa shape index (κ3) is 15.4. The van der Waals surface area contributed by atoms with Gasteiger partial charge in [0.2, 0.25) is 0 Å². The van der Waals surface area contributed by atoms with Crippen molar-refractivity contribution in [3.8, 4) is 66.8 Å². The van der Waals surface area contributed by atoms with E-state index in [-0.39, 0.29) is 16.2 Å². The highest BCUT2D eigenvalue weighted by molar-refractivity contribution is 6.25. The summed E-state index contributed by atoms with van der Waals surface area (Å²) in [6.45, 7) is 35.5. The molecule has 0 fully saturated rings. The van der Waals surface area contributed by atoms with Gasteiger partial charge in [-0.1, -0.05) is 485 Å². The largest absolute Gasteiger partial charge is 0.0725 e. The first-order valence-corrected chi connectivity index (χ1v) is 48.7. The zero-order valence-electron chi connectivity index (χ0n) is 81.8. The summed E-state index contributed by atoms with van der Waals surface area (Å²) in [5.41, 5.74) is 44.0. The highest BCUT2D eigenvalue weighted by Crippen LogP contribution is 2.63. The summed E-state index contributed by atoms with van der Waals surface area (Å²) in [5, 5.41) is 24.4. The van der Waals surface area contributed by atoms with Gasteiger partial charge in [-0.3, -0.25) is 0 Å². The lowest BCUT2D eigenvalue weighted by Crippen LogP contribution is -2.26. The Hall–Kier alpha value is -15.3. The summed E-state index contributed by atoms with van der Waals surface area (Å²) in [7, 11) is 0. The molecule has 0 saturated heterocycles. The molecule has 27 rings (SSSR count). The van der Waals surface area contributed by atoms with Crippen molar-refractivity contribution in [1.29, 1.82) is 0 Å². The molecule has 1 spiro atoms.